The molecule has 5 nitrogen and oxygen atoms in total. The number of nitrogens with zero attached hydrogens (tertiary/aromatic N) is 4. The lowest BCUT2D eigenvalue weighted by Gasteiger charge is -2.33. The molecule has 0 spiro atoms. The molecule has 3 heterocycles. The maximum Gasteiger partial charge on any atom is 0.199 e. The molecule has 0 saturated carbocycles. The lowest BCUT2D eigenvalue weighted by Crippen LogP contribution is -2.35. The van der Waals surface area contributed by atoms with E-state index in [1.54, 1.807) is 7.11 Å². The third-order valence-corrected chi connectivity index (χ3v) is 7.24. The molecule has 4 rings (SSSR count). The minimum Gasteiger partial charge on any atom is -0.385 e. The number of ether oxygens (including phenoxy) is 1. The molecule has 0 saturated heterocycles. The average Bonchev–Trinajstić information content (AvgIpc) is 3.31. The Labute approximate surface area is 185 Å². The number of benzene rings is 1. The first kappa shape index (κ1) is 20.8. The zero-order chi connectivity index (χ0) is 20.4. The van der Waals surface area contributed by atoms with Crippen LogP contribution in [0.4, 0.5) is 0 Å². The van der Waals surface area contributed by atoms with E-state index in [2.05, 4.69) is 27.8 Å². The summed E-state index contributed by atoms with van der Waals surface area (Å²) in [6.45, 7) is 5.37. The van der Waals surface area contributed by atoms with E-state index in [1.807, 2.05) is 40.3 Å². The number of aromatic nitrogens is 3. The summed E-state index contributed by atoms with van der Waals surface area (Å²) < 4.78 is 9.98. The van der Waals surface area contributed by atoms with Crippen molar-refractivity contribution in [2.45, 2.75) is 39.0 Å². The standard InChI is InChI=1S/C21H25ClN4OS2/c1-15-16-9-13-29-19(16)8-11-24(15)14-26-21(28)25(10-5-12-27-2)20(23-26)17-6-3-4-7-18(17)22/h3-4,6-7,9,13,15H,5,8,10-12,14H2,1-2H3/t15-/m1/s1. The molecule has 2 aromatic heterocycles. The van der Waals surface area contributed by atoms with Crippen LogP contribution in [0.25, 0.3) is 11.4 Å². The van der Waals surface area contributed by atoms with Gasteiger partial charge in [0.05, 0.1) is 11.7 Å². The van der Waals surface area contributed by atoms with Gasteiger partial charge in [-0.25, -0.2) is 4.68 Å². The Morgan fingerprint density at radius 3 is 2.93 bits per heavy atom. The molecule has 0 radical (unpaired) electrons. The van der Waals surface area contributed by atoms with Crippen molar-refractivity contribution >= 4 is 35.2 Å². The van der Waals surface area contributed by atoms with Crippen molar-refractivity contribution in [3.63, 3.8) is 0 Å². The van der Waals surface area contributed by atoms with Crippen LogP contribution in [0.2, 0.25) is 5.02 Å². The maximum atomic E-state index is 6.48. The molecular formula is C21H25ClN4OS2. The summed E-state index contributed by atoms with van der Waals surface area (Å²) in [5.41, 5.74) is 2.34. The quantitative estimate of drug-likeness (QED) is 0.357. The molecule has 3 aromatic rings. The average molecular weight is 449 g/mol. The summed E-state index contributed by atoms with van der Waals surface area (Å²) in [6.07, 6.45) is 1.95. The van der Waals surface area contributed by atoms with Gasteiger partial charge in [0.1, 0.15) is 0 Å². The summed E-state index contributed by atoms with van der Waals surface area (Å²) in [5.74, 6) is 0.817. The number of fused-ring (bicyclic) bond motifs is 1. The lowest BCUT2D eigenvalue weighted by molar-refractivity contribution is 0.144. The summed E-state index contributed by atoms with van der Waals surface area (Å²) in [5, 5.41) is 7.78. The van der Waals surface area contributed by atoms with Crippen LogP contribution in [0.5, 0.6) is 0 Å². The van der Waals surface area contributed by atoms with Gasteiger partial charge in [-0.1, -0.05) is 23.7 Å². The van der Waals surface area contributed by atoms with Gasteiger partial charge >= 0.3 is 0 Å². The minimum absolute atomic E-state index is 0.356. The van der Waals surface area contributed by atoms with Crippen LogP contribution >= 0.6 is 35.2 Å². The van der Waals surface area contributed by atoms with Gasteiger partial charge in [-0.05, 0) is 61.1 Å². The van der Waals surface area contributed by atoms with E-state index < -0.39 is 0 Å². The van der Waals surface area contributed by atoms with Gasteiger partial charge in [0.15, 0.2) is 10.6 Å². The minimum atomic E-state index is 0.356. The number of hydrogen-bond acceptors (Lipinski definition) is 5. The summed E-state index contributed by atoms with van der Waals surface area (Å²) in [7, 11) is 1.72. The van der Waals surface area contributed by atoms with E-state index in [0.29, 0.717) is 24.3 Å². The van der Waals surface area contributed by atoms with Gasteiger partial charge < -0.3 is 4.74 Å². The Bertz CT molecular complexity index is 1040. The number of halogens is 1. The normalized spacial score (nSPS) is 16.9. The summed E-state index contributed by atoms with van der Waals surface area (Å²) in [4.78, 5) is 3.94. The molecule has 1 atom stereocenters. The zero-order valence-electron chi connectivity index (χ0n) is 16.7. The van der Waals surface area contributed by atoms with Crippen molar-refractivity contribution in [1.82, 2.24) is 19.2 Å². The predicted octanol–water partition coefficient (Wildman–Crippen LogP) is 5.41. The molecular weight excluding hydrogens is 424 g/mol. The smallest absolute Gasteiger partial charge is 0.199 e. The van der Waals surface area contributed by atoms with Crippen molar-refractivity contribution in [3.05, 3.63) is 55.9 Å². The van der Waals surface area contributed by atoms with Gasteiger partial charge in [0, 0.05) is 43.3 Å². The van der Waals surface area contributed by atoms with E-state index in [0.717, 1.165) is 42.1 Å². The van der Waals surface area contributed by atoms with Gasteiger partial charge in [0.2, 0.25) is 0 Å². The van der Waals surface area contributed by atoms with Crippen LogP contribution < -0.4 is 0 Å². The highest BCUT2D eigenvalue weighted by Gasteiger charge is 2.26. The fourth-order valence-electron chi connectivity index (χ4n) is 3.87. The molecule has 0 N–H and O–H groups in total. The van der Waals surface area contributed by atoms with E-state index >= 15 is 0 Å². The molecule has 0 unspecified atom stereocenters. The monoisotopic (exact) mass is 448 g/mol. The van der Waals surface area contributed by atoms with E-state index in [1.165, 1.54) is 10.4 Å². The van der Waals surface area contributed by atoms with Crippen molar-refractivity contribution in [2.75, 3.05) is 20.3 Å². The van der Waals surface area contributed by atoms with Crippen LogP contribution in [-0.2, 0) is 24.4 Å². The number of methoxy groups -OCH3 is 1. The summed E-state index contributed by atoms with van der Waals surface area (Å²) >= 11 is 14.2. The Morgan fingerprint density at radius 1 is 1.31 bits per heavy atom. The van der Waals surface area contributed by atoms with Crippen molar-refractivity contribution < 1.29 is 4.74 Å². The van der Waals surface area contributed by atoms with E-state index in [-0.39, 0.29) is 0 Å². The van der Waals surface area contributed by atoms with Gasteiger partial charge in [0.25, 0.3) is 0 Å². The topological polar surface area (TPSA) is 35.2 Å². The third kappa shape index (κ3) is 4.20. The second kappa shape index (κ2) is 9.10. The van der Waals surface area contributed by atoms with Crippen LogP contribution in [0.1, 0.15) is 29.8 Å². The van der Waals surface area contributed by atoms with Crippen molar-refractivity contribution in [3.8, 4) is 11.4 Å². The first-order valence-electron chi connectivity index (χ1n) is 9.82. The largest absolute Gasteiger partial charge is 0.385 e. The molecule has 1 aromatic carbocycles. The molecule has 0 fully saturated rings. The molecule has 154 valence electrons. The van der Waals surface area contributed by atoms with Crippen LogP contribution in [-0.4, -0.2) is 39.5 Å². The molecule has 0 bridgehead atoms. The molecule has 1 aliphatic rings. The fraction of sp³-hybridized carbons (Fsp3) is 0.429. The number of thiophene rings is 1. The molecule has 1 aliphatic heterocycles. The second-order valence-electron chi connectivity index (χ2n) is 7.26. The molecule has 0 amide bonds. The highest BCUT2D eigenvalue weighted by atomic mass is 35.5. The number of rotatable bonds is 7. The van der Waals surface area contributed by atoms with E-state index in [9.17, 15) is 0 Å². The third-order valence-electron chi connectivity index (χ3n) is 5.49. The highest BCUT2D eigenvalue weighted by molar-refractivity contribution is 7.71. The zero-order valence-corrected chi connectivity index (χ0v) is 19.1. The first-order chi connectivity index (χ1) is 14.1. The Hall–Kier alpha value is -1.51. The highest BCUT2D eigenvalue weighted by Crippen LogP contribution is 2.33. The van der Waals surface area contributed by atoms with Crippen LogP contribution in [0, 0.1) is 4.77 Å². The first-order valence-corrected chi connectivity index (χ1v) is 11.5. The predicted molar refractivity (Wildman–Crippen MR) is 121 cm³/mol. The second-order valence-corrected chi connectivity index (χ2v) is 9.04. The SMILES string of the molecule is COCCCn1c(-c2ccccc2Cl)nn(CN2CCc3sccc3[C@H]2C)c1=S. The Kier molecular flexibility index (Phi) is 6.51. The van der Waals surface area contributed by atoms with Crippen LogP contribution in [0.15, 0.2) is 35.7 Å². The van der Waals surface area contributed by atoms with Gasteiger partial charge in [-0.3, -0.25) is 9.47 Å². The van der Waals surface area contributed by atoms with Crippen LogP contribution in [0.3, 0.4) is 0 Å². The molecule has 0 aliphatic carbocycles. The van der Waals surface area contributed by atoms with Crippen molar-refractivity contribution in [1.29, 1.82) is 0 Å². The van der Waals surface area contributed by atoms with Crippen molar-refractivity contribution in [2.24, 2.45) is 0 Å². The van der Waals surface area contributed by atoms with Gasteiger partial charge in [-0.15, -0.1) is 11.3 Å². The maximum absolute atomic E-state index is 6.48. The number of hydrogen-bond donors (Lipinski definition) is 0. The Balaban J connectivity index is 1.66. The Morgan fingerprint density at radius 2 is 2.14 bits per heavy atom. The van der Waals surface area contributed by atoms with Gasteiger partial charge in [-0.2, -0.15) is 5.10 Å². The molecule has 29 heavy (non-hydrogen) atoms. The summed E-state index contributed by atoms with van der Waals surface area (Å²) in [6, 6.07) is 10.4. The fourth-order valence-corrected chi connectivity index (χ4v) is 5.33. The lowest BCUT2D eigenvalue weighted by atomic mass is 10.0. The molecule has 8 heteroatoms. The van der Waals surface area contributed by atoms with E-state index in [4.69, 9.17) is 33.7 Å².